The highest BCUT2D eigenvalue weighted by atomic mass is 16.5. The van der Waals surface area contributed by atoms with E-state index in [1.54, 1.807) is 24.3 Å². The van der Waals surface area contributed by atoms with Gasteiger partial charge < -0.3 is 9.15 Å². The second-order valence-electron chi connectivity index (χ2n) is 3.35. The van der Waals surface area contributed by atoms with Crippen molar-refractivity contribution in [2.24, 2.45) is 0 Å². The highest BCUT2D eigenvalue weighted by molar-refractivity contribution is 6.01. The number of benzene rings is 1. The van der Waals surface area contributed by atoms with Crippen molar-refractivity contribution in [3.05, 3.63) is 40.2 Å². The van der Waals surface area contributed by atoms with Crippen LogP contribution in [0.4, 0.5) is 0 Å². The molecule has 0 N–H and O–H groups in total. The fourth-order valence-corrected chi connectivity index (χ4v) is 1.64. The summed E-state index contributed by atoms with van der Waals surface area (Å²) >= 11 is 0. The molecule has 2 rings (SSSR count). The number of para-hydroxylation sites is 1. The fraction of sp³-hybridized carbons (Fsp3) is 0.167. The summed E-state index contributed by atoms with van der Waals surface area (Å²) in [6.45, 7) is 1.31. The van der Waals surface area contributed by atoms with Gasteiger partial charge in [0.2, 0.25) is 0 Å². The Kier molecular flexibility index (Phi) is 2.48. The van der Waals surface area contributed by atoms with Gasteiger partial charge in [0.1, 0.15) is 16.9 Å². The molecule has 2 aromatic rings. The Hall–Kier alpha value is -2.10. The molecule has 0 bridgehead atoms. The topological polar surface area (TPSA) is 56.5 Å². The first-order valence-electron chi connectivity index (χ1n) is 4.76. The van der Waals surface area contributed by atoms with Crippen LogP contribution < -0.4 is 10.4 Å². The number of ketones is 1. The van der Waals surface area contributed by atoms with Crippen molar-refractivity contribution in [1.82, 2.24) is 0 Å². The lowest BCUT2D eigenvalue weighted by Gasteiger charge is -2.07. The summed E-state index contributed by atoms with van der Waals surface area (Å²) in [5, 5.41) is 0.620. The van der Waals surface area contributed by atoms with Crippen LogP contribution in [0.2, 0.25) is 0 Å². The van der Waals surface area contributed by atoms with Crippen molar-refractivity contribution in [3.63, 3.8) is 0 Å². The Labute approximate surface area is 91.4 Å². The fourth-order valence-electron chi connectivity index (χ4n) is 1.64. The first kappa shape index (κ1) is 10.4. The molecule has 0 aliphatic carbocycles. The Morgan fingerprint density at radius 1 is 1.31 bits per heavy atom. The Morgan fingerprint density at radius 2 is 2.00 bits per heavy atom. The predicted molar refractivity (Wildman–Crippen MR) is 59.0 cm³/mol. The lowest BCUT2D eigenvalue weighted by Crippen LogP contribution is -2.13. The smallest absolute Gasteiger partial charge is 0.351 e. The molecule has 0 aliphatic rings. The number of rotatable bonds is 2. The average Bonchev–Trinajstić information content (AvgIpc) is 2.26. The van der Waals surface area contributed by atoms with Gasteiger partial charge in [-0.25, -0.2) is 4.79 Å². The van der Waals surface area contributed by atoms with Gasteiger partial charge in [0, 0.05) is 0 Å². The summed E-state index contributed by atoms with van der Waals surface area (Å²) in [4.78, 5) is 22.9. The van der Waals surface area contributed by atoms with Crippen LogP contribution in [0, 0.1) is 0 Å². The summed E-state index contributed by atoms with van der Waals surface area (Å²) in [5.74, 6) is -0.0873. The number of hydrogen-bond acceptors (Lipinski definition) is 4. The van der Waals surface area contributed by atoms with E-state index in [9.17, 15) is 9.59 Å². The maximum Gasteiger partial charge on any atom is 0.351 e. The van der Waals surface area contributed by atoms with Crippen LogP contribution >= 0.6 is 0 Å². The van der Waals surface area contributed by atoms with Crippen molar-refractivity contribution in [3.8, 4) is 5.75 Å². The number of carbonyl (C=O) groups excluding carboxylic acids is 1. The lowest BCUT2D eigenvalue weighted by atomic mass is 10.1. The molecule has 0 radical (unpaired) electrons. The summed E-state index contributed by atoms with van der Waals surface area (Å²) < 4.78 is 10.2. The summed E-state index contributed by atoms with van der Waals surface area (Å²) in [7, 11) is 1.42. The van der Waals surface area contributed by atoms with Gasteiger partial charge in [-0.15, -0.1) is 0 Å². The van der Waals surface area contributed by atoms with Crippen LogP contribution in [0.25, 0.3) is 11.0 Å². The molecule has 82 valence electrons. The Bertz CT molecular complexity index is 610. The minimum Gasteiger partial charge on any atom is -0.495 e. The Morgan fingerprint density at radius 3 is 2.62 bits per heavy atom. The molecule has 1 aromatic carbocycles. The molecular formula is C12H10O4. The number of Topliss-reactive ketones (excluding diaryl/α,β-unsaturated/α-hetero) is 1. The third kappa shape index (κ3) is 1.48. The van der Waals surface area contributed by atoms with Crippen LogP contribution in [-0.2, 0) is 0 Å². The molecule has 0 unspecified atom stereocenters. The van der Waals surface area contributed by atoms with Crippen LogP contribution in [0.5, 0.6) is 5.75 Å². The van der Waals surface area contributed by atoms with Gasteiger partial charge in [-0.1, -0.05) is 12.1 Å². The van der Waals surface area contributed by atoms with E-state index in [-0.39, 0.29) is 17.1 Å². The highest BCUT2D eigenvalue weighted by Crippen LogP contribution is 2.27. The zero-order chi connectivity index (χ0) is 11.7. The van der Waals surface area contributed by atoms with Crippen molar-refractivity contribution in [1.29, 1.82) is 0 Å². The molecule has 0 saturated carbocycles. The summed E-state index contributed by atoms with van der Waals surface area (Å²) in [6, 6.07) is 6.93. The molecule has 1 heterocycles. The van der Waals surface area contributed by atoms with Gasteiger partial charge in [0.15, 0.2) is 5.78 Å². The van der Waals surface area contributed by atoms with E-state index < -0.39 is 5.63 Å². The average molecular weight is 218 g/mol. The first-order chi connectivity index (χ1) is 7.65. The minimum atomic E-state index is -0.664. The van der Waals surface area contributed by atoms with Crippen LogP contribution in [0.15, 0.2) is 33.5 Å². The van der Waals surface area contributed by atoms with Crippen LogP contribution in [0.1, 0.15) is 17.3 Å². The van der Waals surface area contributed by atoms with Gasteiger partial charge in [-0.05, 0) is 19.1 Å². The van der Waals surface area contributed by atoms with E-state index in [0.29, 0.717) is 11.0 Å². The number of carbonyl (C=O) groups is 1. The molecule has 1 aromatic heterocycles. The van der Waals surface area contributed by atoms with E-state index in [2.05, 4.69) is 0 Å². The third-order valence-corrected chi connectivity index (χ3v) is 2.32. The number of ether oxygens (including phenoxy) is 1. The minimum absolute atomic E-state index is 0.0406. The highest BCUT2D eigenvalue weighted by Gasteiger charge is 2.18. The molecule has 0 saturated heterocycles. The molecule has 4 heteroatoms. The number of methoxy groups -OCH3 is 1. The van der Waals surface area contributed by atoms with E-state index in [1.807, 2.05) is 0 Å². The molecule has 0 atom stereocenters. The summed E-state index contributed by atoms with van der Waals surface area (Å²) in [6.07, 6.45) is 0. The van der Waals surface area contributed by atoms with Gasteiger partial charge in [0.05, 0.1) is 12.5 Å². The summed E-state index contributed by atoms with van der Waals surface area (Å²) in [5.41, 5.74) is -0.293. The van der Waals surface area contributed by atoms with E-state index in [0.717, 1.165) is 0 Å². The maximum absolute atomic E-state index is 11.6. The number of fused-ring (bicyclic) bond motifs is 1. The third-order valence-electron chi connectivity index (χ3n) is 2.32. The molecule has 4 nitrogen and oxygen atoms in total. The van der Waals surface area contributed by atoms with Crippen molar-refractivity contribution in [2.75, 3.05) is 7.11 Å². The van der Waals surface area contributed by atoms with Crippen LogP contribution in [0.3, 0.4) is 0 Å². The monoisotopic (exact) mass is 218 g/mol. The second kappa shape index (κ2) is 3.81. The predicted octanol–water partition coefficient (Wildman–Crippen LogP) is 2.00. The molecular weight excluding hydrogens is 208 g/mol. The standard InChI is InChI=1S/C12H10O4/c1-7(13)10-11(15-2)8-5-3-4-6-9(8)16-12(10)14/h3-6H,1-2H3. The molecule has 0 aliphatic heterocycles. The first-order valence-corrected chi connectivity index (χ1v) is 4.76. The lowest BCUT2D eigenvalue weighted by molar-refractivity contribution is 0.101. The van der Waals surface area contributed by atoms with Gasteiger partial charge in [0.25, 0.3) is 0 Å². The van der Waals surface area contributed by atoms with Crippen molar-refractivity contribution in [2.45, 2.75) is 6.92 Å². The zero-order valence-corrected chi connectivity index (χ0v) is 8.94. The van der Waals surface area contributed by atoms with E-state index >= 15 is 0 Å². The van der Waals surface area contributed by atoms with Crippen molar-refractivity contribution < 1.29 is 13.9 Å². The SMILES string of the molecule is COc1c(C(C)=O)c(=O)oc2ccccc12. The molecule has 0 spiro atoms. The quantitative estimate of drug-likeness (QED) is 0.571. The Balaban J connectivity index is 2.96. The van der Waals surface area contributed by atoms with E-state index in [4.69, 9.17) is 9.15 Å². The number of hydrogen-bond donors (Lipinski definition) is 0. The largest absolute Gasteiger partial charge is 0.495 e. The maximum atomic E-state index is 11.6. The van der Waals surface area contributed by atoms with Crippen molar-refractivity contribution >= 4 is 16.8 Å². The molecule has 0 amide bonds. The van der Waals surface area contributed by atoms with Crippen LogP contribution in [-0.4, -0.2) is 12.9 Å². The van der Waals surface area contributed by atoms with E-state index in [1.165, 1.54) is 14.0 Å². The van der Waals surface area contributed by atoms with Gasteiger partial charge >= 0.3 is 5.63 Å². The molecule has 16 heavy (non-hydrogen) atoms. The van der Waals surface area contributed by atoms with Gasteiger partial charge in [-0.2, -0.15) is 0 Å². The normalized spacial score (nSPS) is 10.4. The second-order valence-corrected chi connectivity index (χ2v) is 3.35. The van der Waals surface area contributed by atoms with Gasteiger partial charge in [-0.3, -0.25) is 4.79 Å². The zero-order valence-electron chi connectivity index (χ0n) is 8.94. The molecule has 0 fully saturated rings.